The number of methoxy groups -OCH3 is 1. The van der Waals surface area contributed by atoms with Crippen molar-refractivity contribution < 1.29 is 38.2 Å². The van der Waals surface area contributed by atoms with Gasteiger partial charge in [0, 0.05) is 12.0 Å². The van der Waals surface area contributed by atoms with Crippen LogP contribution in [0.15, 0.2) is 59.8 Å². The van der Waals surface area contributed by atoms with Crippen molar-refractivity contribution >= 4 is 40.6 Å². The lowest BCUT2D eigenvalue weighted by atomic mass is 10.1. The van der Waals surface area contributed by atoms with Gasteiger partial charge in [-0.1, -0.05) is 23.4 Å². The molecule has 2 aromatic carbocycles. The van der Waals surface area contributed by atoms with Crippen LogP contribution >= 0.6 is 11.6 Å². The molecule has 2 aromatic rings. The van der Waals surface area contributed by atoms with E-state index in [1.807, 2.05) is 0 Å². The van der Waals surface area contributed by atoms with Gasteiger partial charge < -0.3 is 24.4 Å². The van der Waals surface area contributed by atoms with E-state index in [-0.39, 0.29) is 24.3 Å². The van der Waals surface area contributed by atoms with E-state index in [1.54, 1.807) is 51.1 Å². The molecule has 1 N–H and O–H groups in total. The lowest BCUT2D eigenvalue weighted by Gasteiger charge is -2.22. The summed E-state index contributed by atoms with van der Waals surface area (Å²) in [6.07, 6.45) is -0.650. The molecule has 0 aliphatic rings. The molecule has 192 valence electrons. The number of benzene rings is 2. The second-order valence-corrected chi connectivity index (χ2v) is 8.69. The number of halogens is 1. The van der Waals surface area contributed by atoms with Gasteiger partial charge in [-0.05, 0) is 68.8 Å². The largest absolute Gasteiger partial charge is 0.494 e. The molecule has 1 atom stereocenters. The highest BCUT2D eigenvalue weighted by Gasteiger charge is 2.25. The first kappa shape index (κ1) is 28.3. The summed E-state index contributed by atoms with van der Waals surface area (Å²) in [6.45, 7) is 5.16. The summed E-state index contributed by atoms with van der Waals surface area (Å²) >= 11 is 5.61. The summed E-state index contributed by atoms with van der Waals surface area (Å²) in [4.78, 5) is 52.7. The molecule has 0 aliphatic heterocycles. The van der Waals surface area contributed by atoms with Crippen LogP contribution in [-0.2, 0) is 23.9 Å². The van der Waals surface area contributed by atoms with Gasteiger partial charge in [-0.2, -0.15) is 0 Å². The summed E-state index contributed by atoms with van der Waals surface area (Å²) < 4.78 is 15.5. The Bertz CT molecular complexity index is 1100. The van der Waals surface area contributed by atoms with Gasteiger partial charge in [-0.25, -0.2) is 14.4 Å². The highest BCUT2D eigenvalue weighted by molar-refractivity contribution is 6.84. The van der Waals surface area contributed by atoms with Gasteiger partial charge in [-0.3, -0.25) is 4.79 Å². The van der Waals surface area contributed by atoms with Gasteiger partial charge in [0.05, 0.1) is 19.3 Å². The quantitative estimate of drug-likeness (QED) is 0.165. The van der Waals surface area contributed by atoms with E-state index in [0.29, 0.717) is 11.3 Å². The van der Waals surface area contributed by atoms with E-state index in [4.69, 9.17) is 30.6 Å². The van der Waals surface area contributed by atoms with Gasteiger partial charge in [0.15, 0.2) is 5.71 Å². The van der Waals surface area contributed by atoms with Crippen LogP contribution in [0.25, 0.3) is 0 Å². The van der Waals surface area contributed by atoms with Crippen molar-refractivity contribution in [1.29, 1.82) is 0 Å². The predicted molar refractivity (Wildman–Crippen MR) is 131 cm³/mol. The molecule has 0 fully saturated rings. The van der Waals surface area contributed by atoms with Crippen molar-refractivity contribution in [2.75, 3.05) is 13.7 Å². The van der Waals surface area contributed by atoms with Crippen molar-refractivity contribution in [2.45, 2.75) is 38.8 Å². The zero-order valence-corrected chi connectivity index (χ0v) is 21.0. The number of oxime groups is 1. The Balaban J connectivity index is 1.98. The standard InChI is InChI=1S/C25H27ClN2O8/c1-25(2,3)35-24(32)27-19(23(31)33-4)14-15-34-18-12-10-16(11-13-18)20(21(26)29)28-36-22(30)17-8-6-5-7-9-17/h5-13,19H,14-15H2,1-4H3,(H,27,32)/b28-20+. The molecule has 10 nitrogen and oxygen atoms in total. The summed E-state index contributed by atoms with van der Waals surface area (Å²) in [5.74, 6) is -0.986. The predicted octanol–water partition coefficient (Wildman–Crippen LogP) is 3.85. The van der Waals surface area contributed by atoms with Crippen molar-refractivity contribution in [2.24, 2.45) is 5.16 Å². The Morgan fingerprint density at radius 2 is 1.61 bits per heavy atom. The lowest BCUT2D eigenvalue weighted by Crippen LogP contribution is -2.44. The number of hydrogen-bond donors (Lipinski definition) is 1. The Morgan fingerprint density at radius 3 is 2.17 bits per heavy atom. The van der Waals surface area contributed by atoms with Gasteiger partial charge in [0.1, 0.15) is 17.4 Å². The smallest absolute Gasteiger partial charge is 0.408 e. The monoisotopic (exact) mass is 518 g/mol. The number of rotatable bonds is 10. The van der Waals surface area contributed by atoms with Crippen LogP contribution < -0.4 is 10.1 Å². The molecule has 1 unspecified atom stereocenters. The molecule has 0 saturated carbocycles. The van der Waals surface area contributed by atoms with E-state index >= 15 is 0 Å². The third-order valence-electron chi connectivity index (χ3n) is 4.40. The average Bonchev–Trinajstić information content (AvgIpc) is 2.83. The molecule has 0 saturated heterocycles. The summed E-state index contributed by atoms with van der Waals surface area (Å²) in [7, 11) is 1.21. The Kier molecular flexibility index (Phi) is 10.4. The van der Waals surface area contributed by atoms with Crippen LogP contribution in [-0.4, -0.2) is 54.3 Å². The molecule has 0 aromatic heterocycles. The minimum Gasteiger partial charge on any atom is -0.494 e. The fourth-order valence-electron chi connectivity index (χ4n) is 2.76. The van der Waals surface area contributed by atoms with Gasteiger partial charge in [0.25, 0.3) is 5.24 Å². The molecule has 0 bridgehead atoms. The number of carbonyl (C=O) groups is 4. The average molecular weight is 519 g/mol. The molecule has 0 spiro atoms. The maximum atomic E-state index is 12.1. The normalized spacial score (nSPS) is 12.2. The van der Waals surface area contributed by atoms with Crippen molar-refractivity contribution in [1.82, 2.24) is 5.32 Å². The highest BCUT2D eigenvalue weighted by Crippen LogP contribution is 2.15. The Morgan fingerprint density at radius 1 is 0.972 bits per heavy atom. The fourth-order valence-corrected chi connectivity index (χ4v) is 2.90. The molecule has 11 heteroatoms. The molecular weight excluding hydrogens is 492 g/mol. The van der Waals surface area contributed by atoms with E-state index in [9.17, 15) is 19.2 Å². The maximum Gasteiger partial charge on any atom is 0.408 e. The zero-order chi connectivity index (χ0) is 26.7. The van der Waals surface area contributed by atoms with Crippen LogP contribution in [0.5, 0.6) is 5.75 Å². The molecule has 2 rings (SSSR count). The topological polar surface area (TPSA) is 130 Å². The molecule has 0 aliphatic carbocycles. The summed E-state index contributed by atoms with van der Waals surface area (Å²) in [6, 6.07) is 13.3. The van der Waals surface area contributed by atoms with Crippen LogP contribution in [0.1, 0.15) is 43.1 Å². The number of amides is 1. The van der Waals surface area contributed by atoms with E-state index < -0.39 is 34.9 Å². The minimum atomic E-state index is -0.976. The summed E-state index contributed by atoms with van der Waals surface area (Å²) in [5.41, 5.74) is -0.435. The lowest BCUT2D eigenvalue weighted by molar-refractivity contribution is -0.143. The first-order valence-corrected chi connectivity index (χ1v) is 11.2. The van der Waals surface area contributed by atoms with Crippen molar-refractivity contribution in [3.05, 3.63) is 65.7 Å². The van der Waals surface area contributed by atoms with Gasteiger partial charge in [0.2, 0.25) is 0 Å². The Hall–Kier alpha value is -3.92. The third kappa shape index (κ3) is 9.38. The summed E-state index contributed by atoms with van der Waals surface area (Å²) in [5, 5.41) is 5.15. The molecule has 36 heavy (non-hydrogen) atoms. The number of esters is 1. The zero-order valence-electron chi connectivity index (χ0n) is 20.3. The second kappa shape index (κ2) is 13.2. The highest BCUT2D eigenvalue weighted by atomic mass is 35.5. The molecule has 1 amide bonds. The maximum absolute atomic E-state index is 12.1. The first-order chi connectivity index (χ1) is 17.0. The number of nitrogens with one attached hydrogen (secondary N) is 1. The SMILES string of the molecule is COC(=O)C(CCOc1ccc(/C(=N\OC(=O)c2ccccc2)C(=O)Cl)cc1)NC(=O)OC(C)(C)C. The fraction of sp³-hybridized carbons (Fsp3) is 0.320. The number of ether oxygens (including phenoxy) is 3. The van der Waals surface area contributed by atoms with Crippen LogP contribution in [0.4, 0.5) is 4.79 Å². The van der Waals surface area contributed by atoms with Crippen LogP contribution in [0, 0.1) is 0 Å². The van der Waals surface area contributed by atoms with Crippen molar-refractivity contribution in [3.63, 3.8) is 0 Å². The Labute approximate surface area is 213 Å². The van der Waals surface area contributed by atoms with Crippen LogP contribution in [0.3, 0.4) is 0 Å². The van der Waals surface area contributed by atoms with Crippen LogP contribution in [0.2, 0.25) is 0 Å². The number of carbonyl (C=O) groups excluding carboxylic acids is 4. The van der Waals surface area contributed by atoms with E-state index in [1.165, 1.54) is 31.4 Å². The number of alkyl carbamates (subject to hydrolysis) is 1. The third-order valence-corrected chi connectivity index (χ3v) is 4.57. The van der Waals surface area contributed by atoms with E-state index in [0.717, 1.165) is 0 Å². The number of nitrogens with zero attached hydrogens (tertiary/aromatic N) is 1. The van der Waals surface area contributed by atoms with E-state index in [2.05, 4.69) is 10.5 Å². The number of hydrogen-bond acceptors (Lipinski definition) is 9. The van der Waals surface area contributed by atoms with Crippen molar-refractivity contribution in [3.8, 4) is 5.75 Å². The molecular formula is C25H27ClN2O8. The first-order valence-electron chi connectivity index (χ1n) is 10.8. The van der Waals surface area contributed by atoms with Gasteiger partial charge in [-0.15, -0.1) is 0 Å². The molecule has 0 radical (unpaired) electrons. The molecule has 0 heterocycles. The second-order valence-electron chi connectivity index (χ2n) is 8.34. The minimum absolute atomic E-state index is 0.0545. The van der Waals surface area contributed by atoms with Gasteiger partial charge >= 0.3 is 18.0 Å².